The predicted molar refractivity (Wildman–Crippen MR) is 110 cm³/mol. The fourth-order valence-corrected chi connectivity index (χ4v) is 4.66. The second kappa shape index (κ2) is 6.80. The van der Waals surface area contributed by atoms with E-state index in [9.17, 15) is 4.79 Å². The Morgan fingerprint density at radius 3 is 2.63 bits per heavy atom. The van der Waals surface area contributed by atoms with E-state index in [1.165, 1.54) is 22.5 Å². The molecule has 2 aromatic carbocycles. The molecule has 27 heavy (non-hydrogen) atoms. The second-order valence-corrected chi connectivity index (χ2v) is 7.77. The normalized spacial score (nSPS) is 19.8. The lowest BCUT2D eigenvalue weighted by Crippen LogP contribution is -2.48. The fraction of sp³-hybridized carbons (Fsp3) is 0.409. The van der Waals surface area contributed by atoms with E-state index >= 15 is 0 Å². The summed E-state index contributed by atoms with van der Waals surface area (Å²) in [6.07, 6.45) is 4.10. The molecule has 3 aliphatic heterocycles. The van der Waals surface area contributed by atoms with Crippen LogP contribution < -0.4 is 15.5 Å². The van der Waals surface area contributed by atoms with Gasteiger partial charge < -0.3 is 20.4 Å². The molecular weight excluding hydrogens is 336 g/mol. The highest BCUT2D eigenvalue weighted by Crippen LogP contribution is 2.30. The van der Waals surface area contributed by atoms with Crippen molar-refractivity contribution < 1.29 is 4.79 Å². The molecule has 3 heterocycles. The van der Waals surface area contributed by atoms with Crippen molar-refractivity contribution in [3.05, 3.63) is 53.6 Å². The molecule has 0 saturated carbocycles. The van der Waals surface area contributed by atoms with E-state index in [4.69, 9.17) is 0 Å². The zero-order chi connectivity index (χ0) is 18.2. The summed E-state index contributed by atoms with van der Waals surface area (Å²) >= 11 is 0. The maximum Gasteiger partial charge on any atom is 0.322 e. The molecule has 140 valence electrons. The summed E-state index contributed by atoms with van der Waals surface area (Å²) in [7, 11) is 0. The maximum absolute atomic E-state index is 12.7. The molecule has 5 nitrogen and oxygen atoms in total. The van der Waals surface area contributed by atoms with Gasteiger partial charge in [-0.3, -0.25) is 0 Å². The van der Waals surface area contributed by atoms with Crippen molar-refractivity contribution in [1.29, 1.82) is 0 Å². The number of hydrogen-bond acceptors (Lipinski definition) is 3. The molecule has 0 spiro atoms. The Morgan fingerprint density at radius 2 is 1.74 bits per heavy atom. The first kappa shape index (κ1) is 16.5. The van der Waals surface area contributed by atoms with Crippen LogP contribution in [-0.2, 0) is 12.8 Å². The average molecular weight is 362 g/mol. The van der Waals surface area contributed by atoms with Crippen LogP contribution in [0.3, 0.4) is 0 Å². The lowest BCUT2D eigenvalue weighted by atomic mass is 10.0. The van der Waals surface area contributed by atoms with Gasteiger partial charge in [-0.25, -0.2) is 4.79 Å². The number of anilines is 3. The van der Waals surface area contributed by atoms with Gasteiger partial charge in [-0.1, -0.05) is 18.2 Å². The minimum absolute atomic E-state index is 0.0574. The quantitative estimate of drug-likeness (QED) is 0.856. The lowest BCUT2D eigenvalue weighted by Gasteiger charge is -2.39. The van der Waals surface area contributed by atoms with Crippen LogP contribution in [0.15, 0.2) is 42.5 Å². The summed E-state index contributed by atoms with van der Waals surface area (Å²) in [6.45, 7) is 3.87. The Labute approximate surface area is 160 Å². The zero-order valence-corrected chi connectivity index (χ0v) is 15.6. The van der Waals surface area contributed by atoms with Crippen LogP contribution in [0.5, 0.6) is 0 Å². The first-order valence-corrected chi connectivity index (χ1v) is 10.1. The van der Waals surface area contributed by atoms with Gasteiger partial charge in [0.1, 0.15) is 0 Å². The Bertz CT molecular complexity index is 857. The minimum atomic E-state index is 0.0574. The number of nitrogens with one attached hydrogen (secondary N) is 2. The number of rotatable bonds is 2. The number of hydrogen-bond donors (Lipinski definition) is 2. The Morgan fingerprint density at radius 1 is 0.889 bits per heavy atom. The van der Waals surface area contributed by atoms with Crippen LogP contribution >= 0.6 is 0 Å². The fourth-order valence-electron chi connectivity index (χ4n) is 4.66. The standard InChI is InChI=1S/C22H26N4O/c27-22-24-21-4-2-1-3-16(21)8-14-26(22)18-9-12-25(13-10-18)19-5-6-20-17(15-19)7-11-23-20/h1-6,15,18,23H,7-14H2,(H,24,27). The third-order valence-corrected chi connectivity index (χ3v) is 6.21. The summed E-state index contributed by atoms with van der Waals surface area (Å²) in [5, 5.41) is 6.54. The summed E-state index contributed by atoms with van der Waals surface area (Å²) in [5.74, 6) is 0. The van der Waals surface area contributed by atoms with Crippen molar-refractivity contribution in [3.8, 4) is 0 Å². The molecule has 1 fully saturated rings. The van der Waals surface area contributed by atoms with Crippen LogP contribution in [0.2, 0.25) is 0 Å². The highest BCUT2D eigenvalue weighted by Gasteiger charge is 2.30. The summed E-state index contributed by atoms with van der Waals surface area (Å²) in [6, 6.07) is 15.3. The number of benzene rings is 2. The van der Waals surface area contributed by atoms with Crippen LogP contribution in [0.4, 0.5) is 21.9 Å². The summed E-state index contributed by atoms with van der Waals surface area (Å²) in [4.78, 5) is 17.3. The first-order valence-electron chi connectivity index (χ1n) is 10.1. The van der Waals surface area contributed by atoms with E-state index in [0.29, 0.717) is 6.04 Å². The van der Waals surface area contributed by atoms with E-state index in [1.54, 1.807) is 0 Å². The average Bonchev–Trinajstić information content (AvgIpc) is 3.10. The molecular formula is C22H26N4O. The first-order chi connectivity index (χ1) is 13.3. The number of urea groups is 1. The van der Waals surface area contributed by atoms with Gasteiger partial charge in [0.15, 0.2) is 0 Å². The van der Waals surface area contributed by atoms with Crippen LogP contribution in [0, 0.1) is 0 Å². The lowest BCUT2D eigenvalue weighted by molar-refractivity contribution is 0.177. The topological polar surface area (TPSA) is 47.6 Å². The van der Waals surface area contributed by atoms with Gasteiger partial charge in [-0.05, 0) is 61.1 Å². The molecule has 0 radical (unpaired) electrons. The SMILES string of the molecule is O=C1Nc2ccccc2CCN1C1CCN(c2ccc3c(c2)CCN3)CC1. The molecule has 5 rings (SSSR count). The molecule has 2 aromatic rings. The number of piperidine rings is 1. The molecule has 0 aromatic heterocycles. The van der Waals surface area contributed by atoms with Crippen molar-refractivity contribution >= 4 is 23.1 Å². The van der Waals surface area contributed by atoms with Crippen molar-refractivity contribution in [1.82, 2.24) is 4.90 Å². The van der Waals surface area contributed by atoms with E-state index < -0.39 is 0 Å². The third-order valence-electron chi connectivity index (χ3n) is 6.21. The van der Waals surface area contributed by atoms with Crippen molar-refractivity contribution in [2.75, 3.05) is 41.7 Å². The molecule has 5 heteroatoms. The highest BCUT2D eigenvalue weighted by molar-refractivity contribution is 5.91. The predicted octanol–water partition coefficient (Wildman–Crippen LogP) is 3.71. The molecule has 0 unspecified atom stereocenters. The Hall–Kier alpha value is -2.69. The smallest absolute Gasteiger partial charge is 0.322 e. The number of para-hydroxylation sites is 1. The highest BCUT2D eigenvalue weighted by atomic mass is 16.2. The van der Waals surface area contributed by atoms with Gasteiger partial charge >= 0.3 is 6.03 Å². The number of fused-ring (bicyclic) bond motifs is 2. The Balaban J connectivity index is 1.25. The third kappa shape index (κ3) is 3.11. The van der Waals surface area contributed by atoms with Crippen LogP contribution in [-0.4, -0.2) is 43.2 Å². The maximum atomic E-state index is 12.7. The number of carbonyl (C=O) groups excluding carboxylic acids is 1. The van der Waals surface area contributed by atoms with Crippen molar-refractivity contribution in [2.24, 2.45) is 0 Å². The van der Waals surface area contributed by atoms with Gasteiger partial charge in [-0.15, -0.1) is 0 Å². The van der Waals surface area contributed by atoms with E-state index in [2.05, 4.69) is 44.7 Å². The molecule has 2 N–H and O–H groups in total. The molecule has 0 bridgehead atoms. The molecule has 2 amide bonds. The number of carbonyl (C=O) groups is 1. The molecule has 3 aliphatic rings. The second-order valence-electron chi connectivity index (χ2n) is 7.77. The van der Waals surface area contributed by atoms with Crippen LogP contribution in [0.1, 0.15) is 24.0 Å². The summed E-state index contributed by atoms with van der Waals surface area (Å²) < 4.78 is 0. The van der Waals surface area contributed by atoms with Crippen molar-refractivity contribution in [2.45, 2.75) is 31.7 Å². The Kier molecular flexibility index (Phi) is 4.15. The molecule has 0 atom stereocenters. The summed E-state index contributed by atoms with van der Waals surface area (Å²) in [5.41, 5.74) is 6.24. The largest absolute Gasteiger partial charge is 0.384 e. The number of nitrogens with zero attached hydrogens (tertiary/aromatic N) is 2. The van der Waals surface area contributed by atoms with Crippen molar-refractivity contribution in [3.63, 3.8) is 0 Å². The molecule has 0 aliphatic carbocycles. The van der Waals surface area contributed by atoms with Gasteiger partial charge in [0.05, 0.1) is 0 Å². The van der Waals surface area contributed by atoms with Gasteiger partial charge in [0.25, 0.3) is 0 Å². The van der Waals surface area contributed by atoms with Gasteiger partial charge in [0, 0.05) is 49.3 Å². The van der Waals surface area contributed by atoms with E-state index in [0.717, 1.165) is 57.5 Å². The van der Waals surface area contributed by atoms with Gasteiger partial charge in [-0.2, -0.15) is 0 Å². The monoisotopic (exact) mass is 362 g/mol. The zero-order valence-electron chi connectivity index (χ0n) is 15.6. The minimum Gasteiger partial charge on any atom is -0.384 e. The molecule has 1 saturated heterocycles. The number of amides is 2. The van der Waals surface area contributed by atoms with Gasteiger partial charge in [0.2, 0.25) is 0 Å². The van der Waals surface area contributed by atoms with Crippen LogP contribution in [0.25, 0.3) is 0 Å². The van der Waals surface area contributed by atoms with E-state index in [-0.39, 0.29) is 6.03 Å². The van der Waals surface area contributed by atoms with E-state index in [1.807, 2.05) is 18.2 Å².